The second-order valence-electron chi connectivity index (χ2n) is 15.6. The van der Waals surface area contributed by atoms with E-state index in [1.165, 1.54) is 125 Å². The van der Waals surface area contributed by atoms with Gasteiger partial charge in [0.25, 0.3) is 0 Å². The quantitative estimate of drug-likeness (QED) is 0.0796. The van der Waals surface area contributed by atoms with Crippen molar-refractivity contribution < 1.29 is 24.5 Å². The van der Waals surface area contributed by atoms with Crippen LogP contribution in [0.3, 0.4) is 0 Å². The van der Waals surface area contributed by atoms with Gasteiger partial charge >= 0.3 is 6.16 Å². The lowest BCUT2D eigenvalue weighted by atomic mass is 9.48. The maximum atomic E-state index is 12.6. The number of likely N-dealkylation sites (tertiary alicyclic amines) is 1. The highest BCUT2D eigenvalue weighted by Gasteiger charge is 2.71. The Balaban J connectivity index is 0.869. The number of hydrogen-bond acceptors (Lipinski definition) is 5. The molecule has 46 heavy (non-hydrogen) atoms. The highest BCUT2D eigenvalue weighted by molar-refractivity contribution is 5.62. The predicted molar refractivity (Wildman–Crippen MR) is 184 cm³/mol. The molecule has 3 fully saturated rings. The molecule has 4 atom stereocenters. The van der Waals surface area contributed by atoms with Crippen LogP contribution in [0.2, 0.25) is 0 Å². The third kappa shape index (κ3) is 7.18. The smallest absolute Gasteiger partial charge is 0.484 e. The summed E-state index contributed by atoms with van der Waals surface area (Å²) in [7, 11) is 0. The molecule has 2 N–H and O–H groups in total. The molecular formula is C40H61NO5. The van der Waals surface area contributed by atoms with Gasteiger partial charge in [0.1, 0.15) is 11.9 Å². The van der Waals surface area contributed by atoms with Crippen LogP contribution < -0.4 is 4.74 Å². The number of piperidine rings is 1. The van der Waals surface area contributed by atoms with Crippen molar-refractivity contribution in [2.45, 2.75) is 171 Å². The molecule has 2 saturated carbocycles. The van der Waals surface area contributed by atoms with Crippen LogP contribution in [0.5, 0.6) is 5.75 Å². The molecule has 0 amide bonds. The second-order valence-corrected chi connectivity index (χ2v) is 15.6. The molecule has 1 spiro atoms. The molecule has 2 heterocycles. The van der Waals surface area contributed by atoms with E-state index < -0.39 is 11.8 Å². The second kappa shape index (κ2) is 15.4. The molecule has 1 aromatic rings. The predicted octanol–water partition coefficient (Wildman–Crippen LogP) is 9.29. The number of hydrogen-bond donors (Lipinski definition) is 2. The van der Waals surface area contributed by atoms with Gasteiger partial charge in [0.15, 0.2) is 0 Å². The van der Waals surface area contributed by atoms with E-state index in [0.29, 0.717) is 6.61 Å². The molecule has 5 aliphatic rings. The van der Waals surface area contributed by atoms with Gasteiger partial charge in [-0.1, -0.05) is 109 Å². The Labute approximate surface area is 278 Å². The molecule has 6 nitrogen and oxygen atoms in total. The first-order valence-corrected chi connectivity index (χ1v) is 19.3. The Morgan fingerprint density at radius 2 is 1.50 bits per heavy atom. The van der Waals surface area contributed by atoms with E-state index in [2.05, 4.69) is 28.3 Å². The highest BCUT2D eigenvalue weighted by Crippen LogP contribution is 2.65. The molecule has 1 aromatic carbocycles. The van der Waals surface area contributed by atoms with Crippen molar-refractivity contribution >= 4 is 6.16 Å². The standard InChI is InChI=1S/C40H61NO5/c1-30-23-24-40(44)34-28-33-22-21-32(36-35(33)39(40,37(30)46-36)25-26-41(34)29-31-19-20-31)18-16-14-12-10-8-6-4-2-3-5-7-9-11-13-15-17-27-45-38(42)43/h21-22,31,34,37,44H,1-20,23-29H2,(H,42,43)/t34?,37-,39-,40+/m0/s1. The van der Waals surface area contributed by atoms with E-state index in [1.54, 1.807) is 0 Å². The fourth-order valence-corrected chi connectivity index (χ4v) is 9.71. The van der Waals surface area contributed by atoms with Gasteiger partial charge < -0.3 is 19.7 Å². The van der Waals surface area contributed by atoms with Crippen LogP contribution in [0.25, 0.3) is 0 Å². The van der Waals surface area contributed by atoms with E-state index in [4.69, 9.17) is 9.84 Å². The lowest BCUT2D eigenvalue weighted by Crippen LogP contribution is -2.75. The average Bonchev–Trinajstić information content (AvgIpc) is 3.78. The van der Waals surface area contributed by atoms with E-state index in [0.717, 1.165) is 69.7 Å². The first kappa shape index (κ1) is 33.8. The summed E-state index contributed by atoms with van der Waals surface area (Å²) in [5.41, 5.74) is 4.37. The Bertz CT molecular complexity index is 1190. The molecular weight excluding hydrogens is 574 g/mol. The van der Waals surface area contributed by atoms with E-state index >= 15 is 0 Å². The van der Waals surface area contributed by atoms with Gasteiger partial charge in [-0.05, 0) is 87.0 Å². The zero-order chi connectivity index (χ0) is 32.0. The summed E-state index contributed by atoms with van der Waals surface area (Å²) in [6.07, 6.45) is 26.6. The third-order valence-electron chi connectivity index (χ3n) is 12.4. The number of rotatable bonds is 21. The van der Waals surface area contributed by atoms with Crippen LogP contribution >= 0.6 is 0 Å². The van der Waals surface area contributed by atoms with E-state index in [9.17, 15) is 9.90 Å². The van der Waals surface area contributed by atoms with Crippen LogP contribution in [0.1, 0.15) is 152 Å². The maximum Gasteiger partial charge on any atom is 0.505 e. The summed E-state index contributed by atoms with van der Waals surface area (Å²) in [6, 6.07) is 4.97. The van der Waals surface area contributed by atoms with Crippen LogP contribution in [0.15, 0.2) is 24.3 Å². The molecule has 3 aliphatic carbocycles. The number of aryl methyl sites for hydroxylation is 1. The molecule has 256 valence electrons. The summed E-state index contributed by atoms with van der Waals surface area (Å²) in [5, 5.41) is 21.1. The van der Waals surface area contributed by atoms with Crippen molar-refractivity contribution in [1.29, 1.82) is 0 Å². The van der Waals surface area contributed by atoms with Crippen LogP contribution in [0, 0.1) is 5.92 Å². The van der Waals surface area contributed by atoms with Crippen molar-refractivity contribution in [1.82, 2.24) is 4.90 Å². The van der Waals surface area contributed by atoms with Gasteiger partial charge in [0, 0.05) is 18.2 Å². The van der Waals surface area contributed by atoms with Gasteiger partial charge in [-0.15, -0.1) is 0 Å². The Kier molecular flexibility index (Phi) is 11.4. The summed E-state index contributed by atoms with van der Waals surface area (Å²) >= 11 is 0. The molecule has 6 heteroatoms. The number of carbonyl (C=O) groups is 1. The van der Waals surface area contributed by atoms with Gasteiger partial charge in [-0.2, -0.15) is 0 Å². The Morgan fingerprint density at radius 3 is 2.11 bits per heavy atom. The normalized spacial score (nSPS) is 27.8. The summed E-state index contributed by atoms with van der Waals surface area (Å²) in [5.74, 6) is 1.97. The van der Waals surface area contributed by atoms with Crippen molar-refractivity contribution in [2.24, 2.45) is 5.92 Å². The number of benzene rings is 1. The Morgan fingerprint density at radius 1 is 0.891 bits per heavy atom. The lowest BCUT2D eigenvalue weighted by Gasteiger charge is -2.63. The van der Waals surface area contributed by atoms with Gasteiger partial charge in [0.2, 0.25) is 0 Å². The molecule has 2 bridgehead atoms. The van der Waals surface area contributed by atoms with E-state index in [-0.39, 0.29) is 17.6 Å². The lowest BCUT2D eigenvalue weighted by molar-refractivity contribution is -0.174. The third-order valence-corrected chi connectivity index (χ3v) is 12.4. The monoisotopic (exact) mass is 635 g/mol. The fraction of sp³-hybridized carbons (Fsp3) is 0.775. The van der Waals surface area contributed by atoms with Crippen LogP contribution in [-0.4, -0.2) is 58.7 Å². The summed E-state index contributed by atoms with van der Waals surface area (Å²) in [6.45, 7) is 7.08. The van der Waals surface area contributed by atoms with Crippen molar-refractivity contribution in [3.05, 3.63) is 41.0 Å². The zero-order valence-electron chi connectivity index (χ0n) is 28.5. The maximum absolute atomic E-state index is 12.6. The zero-order valence-corrected chi connectivity index (χ0v) is 28.5. The summed E-state index contributed by atoms with van der Waals surface area (Å²) < 4.78 is 11.5. The van der Waals surface area contributed by atoms with Crippen LogP contribution in [-0.2, 0) is 23.0 Å². The SMILES string of the molecule is C=C1CC[C@@]2(O)C3Cc4ccc(CCCCCCCCCCCCCCCCCCOC(=O)O)c5c4[C@@]2(CCN3CC2CC2)[C@H]1O5. The number of ether oxygens (including phenoxy) is 2. The first-order chi connectivity index (χ1) is 22.4. The highest BCUT2D eigenvalue weighted by atomic mass is 16.7. The number of aliphatic hydroxyl groups is 1. The molecule has 2 aliphatic heterocycles. The minimum absolute atomic E-state index is 0.0592. The van der Waals surface area contributed by atoms with Gasteiger partial charge in [0.05, 0.1) is 17.6 Å². The minimum atomic E-state index is -1.16. The molecule has 1 unspecified atom stereocenters. The Hall–Kier alpha value is -2.05. The average molecular weight is 636 g/mol. The minimum Gasteiger partial charge on any atom is -0.484 e. The van der Waals surface area contributed by atoms with Gasteiger partial charge in [-0.3, -0.25) is 4.90 Å². The van der Waals surface area contributed by atoms with Crippen molar-refractivity contribution in [3.8, 4) is 5.75 Å². The van der Waals surface area contributed by atoms with Crippen molar-refractivity contribution in [3.63, 3.8) is 0 Å². The fourth-order valence-electron chi connectivity index (χ4n) is 9.71. The van der Waals surface area contributed by atoms with Gasteiger partial charge in [-0.25, -0.2) is 4.79 Å². The number of unbranched alkanes of at least 4 members (excludes halogenated alkanes) is 15. The van der Waals surface area contributed by atoms with E-state index in [1.807, 2.05) is 0 Å². The number of carboxylic acid groups (broad SMARTS) is 1. The molecule has 1 saturated heterocycles. The topological polar surface area (TPSA) is 79.2 Å². The molecule has 6 rings (SSSR count). The molecule has 0 radical (unpaired) electrons. The summed E-state index contributed by atoms with van der Waals surface area (Å²) in [4.78, 5) is 13.0. The first-order valence-electron chi connectivity index (χ1n) is 19.3. The molecule has 0 aromatic heterocycles. The number of nitrogens with zero attached hydrogens (tertiary/aromatic N) is 1. The van der Waals surface area contributed by atoms with Crippen molar-refractivity contribution in [2.75, 3.05) is 19.7 Å². The van der Waals surface area contributed by atoms with Crippen LogP contribution in [0.4, 0.5) is 4.79 Å². The largest absolute Gasteiger partial charge is 0.505 e.